The highest BCUT2D eigenvalue weighted by Gasteiger charge is 2.25. The summed E-state index contributed by atoms with van der Waals surface area (Å²) in [5.41, 5.74) is 0.811. The summed E-state index contributed by atoms with van der Waals surface area (Å²) in [4.78, 5) is 30.4. The SMILES string of the molecule is C#CCn1c(=NC(=O)CS(=O)(=O)CC(=O)N2CCCCC2)sc2cc(Br)ccc21. The number of thiazole rings is 1. The van der Waals surface area contributed by atoms with E-state index in [0.29, 0.717) is 17.9 Å². The molecule has 1 aliphatic heterocycles. The fraction of sp³-hybridized carbons (Fsp3) is 0.421. The molecule has 2 heterocycles. The van der Waals surface area contributed by atoms with Gasteiger partial charge in [-0.2, -0.15) is 4.99 Å². The molecule has 3 rings (SSSR count). The van der Waals surface area contributed by atoms with Gasteiger partial charge in [0.25, 0.3) is 5.91 Å². The Bertz CT molecular complexity index is 1150. The van der Waals surface area contributed by atoms with E-state index in [2.05, 4.69) is 26.8 Å². The van der Waals surface area contributed by atoms with Gasteiger partial charge in [-0.3, -0.25) is 9.59 Å². The zero-order valence-corrected chi connectivity index (χ0v) is 18.9. The second-order valence-electron chi connectivity index (χ2n) is 6.77. The Morgan fingerprint density at radius 1 is 1.21 bits per heavy atom. The van der Waals surface area contributed by atoms with Crippen LogP contribution in [0.3, 0.4) is 0 Å². The van der Waals surface area contributed by atoms with E-state index in [-0.39, 0.29) is 6.54 Å². The summed E-state index contributed by atoms with van der Waals surface area (Å²) in [5, 5.41) is 0. The average molecular weight is 498 g/mol. The molecule has 1 fully saturated rings. The van der Waals surface area contributed by atoms with Crippen molar-refractivity contribution in [2.45, 2.75) is 25.8 Å². The molecule has 0 spiro atoms. The van der Waals surface area contributed by atoms with E-state index in [0.717, 1.165) is 34.0 Å². The van der Waals surface area contributed by atoms with Crippen LogP contribution in [0.1, 0.15) is 19.3 Å². The number of carbonyl (C=O) groups is 2. The van der Waals surface area contributed by atoms with Crippen LogP contribution in [0.2, 0.25) is 0 Å². The molecule has 0 bridgehead atoms. The van der Waals surface area contributed by atoms with E-state index in [1.807, 2.05) is 18.2 Å². The van der Waals surface area contributed by atoms with Crippen LogP contribution in [0.15, 0.2) is 27.7 Å². The summed E-state index contributed by atoms with van der Waals surface area (Å²) in [6.07, 6.45) is 8.21. The van der Waals surface area contributed by atoms with E-state index in [1.54, 1.807) is 9.47 Å². The maximum atomic E-state index is 12.3. The van der Waals surface area contributed by atoms with E-state index in [9.17, 15) is 18.0 Å². The molecule has 0 saturated carbocycles. The Balaban J connectivity index is 1.80. The van der Waals surface area contributed by atoms with Crippen LogP contribution in [0, 0.1) is 12.3 Å². The van der Waals surface area contributed by atoms with Crippen molar-refractivity contribution in [3.05, 3.63) is 27.5 Å². The summed E-state index contributed by atoms with van der Waals surface area (Å²) >= 11 is 4.64. The summed E-state index contributed by atoms with van der Waals surface area (Å²) in [7, 11) is -3.90. The Kier molecular flexibility index (Phi) is 6.93. The fourth-order valence-electron chi connectivity index (χ4n) is 3.18. The molecule has 10 heteroatoms. The van der Waals surface area contributed by atoms with E-state index < -0.39 is 33.2 Å². The van der Waals surface area contributed by atoms with Crippen LogP contribution in [-0.4, -0.2) is 54.3 Å². The van der Waals surface area contributed by atoms with Gasteiger partial charge in [-0.1, -0.05) is 33.2 Å². The molecule has 0 atom stereocenters. The molecule has 1 aliphatic rings. The lowest BCUT2D eigenvalue weighted by Gasteiger charge is -2.26. The second-order valence-corrected chi connectivity index (χ2v) is 10.8. The number of fused-ring (bicyclic) bond motifs is 1. The quantitative estimate of drug-likeness (QED) is 0.590. The van der Waals surface area contributed by atoms with Gasteiger partial charge in [0, 0.05) is 17.6 Å². The van der Waals surface area contributed by atoms with E-state index >= 15 is 0 Å². The lowest BCUT2D eigenvalue weighted by molar-refractivity contribution is -0.129. The molecule has 7 nitrogen and oxygen atoms in total. The van der Waals surface area contributed by atoms with Crippen molar-refractivity contribution in [1.29, 1.82) is 0 Å². The molecule has 0 aliphatic carbocycles. The van der Waals surface area contributed by atoms with Crippen LogP contribution < -0.4 is 4.80 Å². The number of halogens is 1. The van der Waals surface area contributed by atoms with Gasteiger partial charge in [0.1, 0.15) is 11.5 Å². The summed E-state index contributed by atoms with van der Waals surface area (Å²) in [6, 6.07) is 5.58. The number of amides is 2. The van der Waals surface area contributed by atoms with Gasteiger partial charge in [0.05, 0.1) is 16.8 Å². The van der Waals surface area contributed by atoms with Gasteiger partial charge < -0.3 is 9.47 Å². The number of piperidine rings is 1. The Hall–Kier alpha value is -1.96. The fourth-order valence-corrected chi connectivity index (χ4v) is 5.88. The highest BCUT2D eigenvalue weighted by molar-refractivity contribution is 9.10. The lowest BCUT2D eigenvalue weighted by atomic mass is 10.1. The number of aromatic nitrogens is 1. The van der Waals surface area contributed by atoms with Gasteiger partial charge in [0.2, 0.25) is 5.91 Å². The van der Waals surface area contributed by atoms with Crippen molar-refractivity contribution in [2.75, 3.05) is 24.6 Å². The maximum Gasteiger partial charge on any atom is 0.263 e. The largest absolute Gasteiger partial charge is 0.342 e. The van der Waals surface area contributed by atoms with Crippen molar-refractivity contribution in [3.8, 4) is 12.3 Å². The van der Waals surface area contributed by atoms with Crippen molar-refractivity contribution >= 4 is 59.1 Å². The Morgan fingerprint density at radius 2 is 1.93 bits per heavy atom. The first-order valence-corrected chi connectivity index (χ1v) is 12.5. The minimum atomic E-state index is -3.90. The first kappa shape index (κ1) is 21.7. The predicted molar refractivity (Wildman–Crippen MR) is 116 cm³/mol. The zero-order valence-electron chi connectivity index (χ0n) is 15.6. The normalized spacial score (nSPS) is 15.4. The molecular formula is C19H20BrN3O4S2. The van der Waals surface area contributed by atoms with Crippen LogP contribution in [0.5, 0.6) is 0 Å². The monoisotopic (exact) mass is 497 g/mol. The summed E-state index contributed by atoms with van der Waals surface area (Å²) in [6.45, 7) is 1.33. The second kappa shape index (κ2) is 9.24. The summed E-state index contributed by atoms with van der Waals surface area (Å²) in [5.74, 6) is -0.219. The minimum absolute atomic E-state index is 0.202. The van der Waals surface area contributed by atoms with Gasteiger partial charge in [0.15, 0.2) is 14.6 Å². The van der Waals surface area contributed by atoms with Gasteiger partial charge in [-0.25, -0.2) is 8.42 Å². The maximum absolute atomic E-state index is 12.3. The van der Waals surface area contributed by atoms with Crippen LogP contribution >= 0.6 is 27.3 Å². The van der Waals surface area contributed by atoms with Crippen molar-refractivity contribution in [2.24, 2.45) is 4.99 Å². The third kappa shape index (κ3) is 5.56. The molecule has 1 aromatic carbocycles. The molecule has 29 heavy (non-hydrogen) atoms. The number of carbonyl (C=O) groups excluding carboxylic acids is 2. The summed E-state index contributed by atoms with van der Waals surface area (Å²) < 4.78 is 28.1. The smallest absolute Gasteiger partial charge is 0.263 e. The van der Waals surface area contributed by atoms with Crippen LogP contribution in [0.25, 0.3) is 10.2 Å². The number of hydrogen-bond acceptors (Lipinski definition) is 5. The van der Waals surface area contributed by atoms with E-state index in [1.165, 1.54) is 11.3 Å². The molecule has 0 unspecified atom stereocenters. The molecule has 0 N–H and O–H groups in total. The van der Waals surface area contributed by atoms with Crippen molar-refractivity contribution < 1.29 is 18.0 Å². The number of nitrogens with zero attached hydrogens (tertiary/aromatic N) is 3. The first-order chi connectivity index (χ1) is 13.8. The number of hydrogen-bond donors (Lipinski definition) is 0. The van der Waals surface area contributed by atoms with Crippen molar-refractivity contribution in [1.82, 2.24) is 9.47 Å². The number of likely N-dealkylation sites (tertiary alicyclic amines) is 1. The molecule has 1 aromatic heterocycles. The molecular weight excluding hydrogens is 478 g/mol. The highest BCUT2D eigenvalue weighted by Crippen LogP contribution is 2.22. The third-order valence-corrected chi connectivity index (χ3v) is 7.42. The molecule has 2 aromatic rings. The Labute approximate surface area is 181 Å². The van der Waals surface area contributed by atoms with Gasteiger partial charge in [-0.05, 0) is 37.5 Å². The molecule has 1 saturated heterocycles. The van der Waals surface area contributed by atoms with E-state index in [4.69, 9.17) is 6.42 Å². The number of terminal acetylenes is 1. The standard InChI is InChI=1S/C19H20BrN3O4S2/c1-2-8-23-15-7-6-14(20)11-16(15)28-19(23)21-17(24)12-29(26,27)13-18(25)22-9-4-3-5-10-22/h1,6-7,11H,3-5,8-10,12-13H2. The number of sulfone groups is 1. The Morgan fingerprint density at radius 3 is 2.62 bits per heavy atom. The van der Waals surface area contributed by atoms with Crippen LogP contribution in [-0.2, 0) is 26.0 Å². The van der Waals surface area contributed by atoms with Gasteiger partial charge in [-0.15, -0.1) is 6.42 Å². The predicted octanol–water partition coefficient (Wildman–Crippen LogP) is 1.95. The van der Waals surface area contributed by atoms with Crippen LogP contribution in [0.4, 0.5) is 0 Å². The highest BCUT2D eigenvalue weighted by atomic mass is 79.9. The average Bonchev–Trinajstić information content (AvgIpc) is 2.98. The lowest BCUT2D eigenvalue weighted by Crippen LogP contribution is -2.40. The van der Waals surface area contributed by atoms with Gasteiger partial charge >= 0.3 is 0 Å². The topological polar surface area (TPSA) is 88.8 Å². The van der Waals surface area contributed by atoms with Crippen molar-refractivity contribution in [3.63, 3.8) is 0 Å². The molecule has 154 valence electrons. The number of rotatable bonds is 5. The third-order valence-electron chi connectivity index (χ3n) is 4.51. The first-order valence-electron chi connectivity index (χ1n) is 9.07. The molecule has 2 amide bonds. The minimum Gasteiger partial charge on any atom is -0.342 e. The number of benzene rings is 1. The zero-order chi connectivity index (χ0) is 21.0. The molecule has 0 radical (unpaired) electrons.